The minimum Gasteiger partial charge on any atom is -0.510 e. The van der Waals surface area contributed by atoms with Gasteiger partial charge in [-0.05, 0) is 32.9 Å². The number of rotatable bonds is 5. The van der Waals surface area contributed by atoms with Gasteiger partial charge in [0.05, 0.1) is 6.10 Å². The molecule has 0 amide bonds. The standard InChI is InChI=1S/C14H18N2O3/c1-9(2)19-13-8-6-5-7-12(13)15-16-14(10(3)17)11(4)18/h5-9,17H,1-4H3/b14-10+,16-15?. The lowest BCUT2D eigenvalue weighted by Crippen LogP contribution is -2.05. The van der Waals surface area contributed by atoms with E-state index in [1.807, 2.05) is 19.9 Å². The second-order valence-corrected chi connectivity index (χ2v) is 4.32. The van der Waals surface area contributed by atoms with Gasteiger partial charge >= 0.3 is 0 Å². The molecule has 1 rings (SSSR count). The first-order valence-corrected chi connectivity index (χ1v) is 6.00. The van der Waals surface area contributed by atoms with Crippen molar-refractivity contribution in [2.24, 2.45) is 10.2 Å². The van der Waals surface area contributed by atoms with Crippen LogP contribution in [0.2, 0.25) is 0 Å². The lowest BCUT2D eigenvalue weighted by molar-refractivity contribution is -0.113. The largest absolute Gasteiger partial charge is 0.510 e. The van der Waals surface area contributed by atoms with Gasteiger partial charge in [0.15, 0.2) is 11.5 Å². The van der Waals surface area contributed by atoms with Gasteiger partial charge in [0.2, 0.25) is 0 Å². The summed E-state index contributed by atoms with van der Waals surface area (Å²) in [6.45, 7) is 6.54. The van der Waals surface area contributed by atoms with Gasteiger partial charge < -0.3 is 9.84 Å². The molecular weight excluding hydrogens is 244 g/mol. The summed E-state index contributed by atoms with van der Waals surface area (Å²) in [5, 5.41) is 17.1. The lowest BCUT2D eigenvalue weighted by Gasteiger charge is -2.10. The molecule has 0 aliphatic carbocycles. The molecule has 0 atom stereocenters. The van der Waals surface area contributed by atoms with Crippen molar-refractivity contribution in [3.63, 3.8) is 0 Å². The van der Waals surface area contributed by atoms with Crippen molar-refractivity contribution in [2.45, 2.75) is 33.8 Å². The van der Waals surface area contributed by atoms with Crippen molar-refractivity contribution in [3.8, 4) is 5.75 Å². The topological polar surface area (TPSA) is 71.2 Å². The highest BCUT2D eigenvalue weighted by molar-refractivity contribution is 5.93. The molecule has 0 unspecified atom stereocenters. The highest BCUT2D eigenvalue weighted by atomic mass is 16.5. The summed E-state index contributed by atoms with van der Waals surface area (Å²) in [5.41, 5.74) is 0.454. The molecule has 0 fully saturated rings. The number of nitrogens with zero attached hydrogens (tertiary/aromatic N) is 2. The zero-order valence-electron chi connectivity index (χ0n) is 11.5. The van der Waals surface area contributed by atoms with E-state index < -0.39 is 0 Å². The zero-order valence-corrected chi connectivity index (χ0v) is 11.5. The van der Waals surface area contributed by atoms with Gasteiger partial charge in [0.25, 0.3) is 0 Å². The summed E-state index contributed by atoms with van der Waals surface area (Å²) in [6, 6.07) is 7.13. The van der Waals surface area contributed by atoms with Crippen molar-refractivity contribution in [3.05, 3.63) is 35.7 Å². The molecule has 0 aliphatic rings. The molecule has 0 saturated heterocycles. The van der Waals surface area contributed by atoms with Gasteiger partial charge in [-0.3, -0.25) is 4.79 Å². The number of hydrogen-bond acceptors (Lipinski definition) is 5. The van der Waals surface area contributed by atoms with Crippen LogP contribution >= 0.6 is 0 Å². The highest BCUT2D eigenvalue weighted by Gasteiger charge is 2.08. The second-order valence-electron chi connectivity index (χ2n) is 4.32. The van der Waals surface area contributed by atoms with Crippen molar-refractivity contribution < 1.29 is 14.6 Å². The summed E-state index contributed by atoms with van der Waals surface area (Å²) in [5.74, 6) is 0.0873. The Morgan fingerprint density at radius 3 is 2.42 bits per heavy atom. The van der Waals surface area contributed by atoms with Crippen LogP contribution in [0.1, 0.15) is 27.7 Å². The smallest absolute Gasteiger partial charge is 0.183 e. The quantitative estimate of drug-likeness (QED) is 0.496. The number of hydrogen-bond donors (Lipinski definition) is 1. The van der Waals surface area contributed by atoms with E-state index in [0.29, 0.717) is 11.4 Å². The van der Waals surface area contributed by atoms with Crippen LogP contribution in [0.5, 0.6) is 5.75 Å². The number of ketones is 1. The van der Waals surface area contributed by atoms with E-state index in [9.17, 15) is 9.90 Å². The molecular formula is C14H18N2O3. The molecule has 0 spiro atoms. The summed E-state index contributed by atoms with van der Waals surface area (Å²) < 4.78 is 5.58. The first kappa shape index (κ1) is 14.9. The Morgan fingerprint density at radius 1 is 1.26 bits per heavy atom. The van der Waals surface area contributed by atoms with Gasteiger partial charge in [-0.2, -0.15) is 0 Å². The Labute approximate surface area is 112 Å². The third kappa shape index (κ3) is 4.54. The molecule has 0 aromatic heterocycles. The maximum Gasteiger partial charge on any atom is 0.183 e. The SMILES string of the molecule is CC(=O)/C(N=Nc1ccccc1OC(C)C)=C(/C)O. The van der Waals surface area contributed by atoms with Gasteiger partial charge in [-0.1, -0.05) is 12.1 Å². The summed E-state index contributed by atoms with van der Waals surface area (Å²) in [7, 11) is 0. The van der Waals surface area contributed by atoms with Crippen molar-refractivity contribution in [2.75, 3.05) is 0 Å². The number of azo groups is 1. The maximum absolute atomic E-state index is 11.3. The number of allylic oxidation sites excluding steroid dienone is 2. The van der Waals surface area contributed by atoms with E-state index >= 15 is 0 Å². The molecule has 0 heterocycles. The van der Waals surface area contributed by atoms with Gasteiger partial charge in [0.1, 0.15) is 17.2 Å². The fraction of sp³-hybridized carbons (Fsp3) is 0.357. The molecule has 19 heavy (non-hydrogen) atoms. The number of para-hydroxylation sites is 1. The Hall–Kier alpha value is -2.17. The Bertz CT molecular complexity index is 515. The van der Waals surface area contributed by atoms with E-state index in [1.54, 1.807) is 18.2 Å². The number of Topliss-reactive ketones (excluding diaryl/α,β-unsaturated/α-hetero) is 1. The van der Waals surface area contributed by atoms with Crippen molar-refractivity contribution in [1.82, 2.24) is 0 Å². The predicted molar refractivity (Wildman–Crippen MR) is 72.7 cm³/mol. The maximum atomic E-state index is 11.3. The number of benzene rings is 1. The molecule has 1 aromatic carbocycles. The van der Waals surface area contributed by atoms with Crippen LogP contribution in [0.25, 0.3) is 0 Å². The third-order valence-electron chi connectivity index (χ3n) is 2.16. The molecule has 0 saturated carbocycles. The first-order chi connectivity index (χ1) is 8.91. The van der Waals surface area contributed by atoms with Crippen LogP contribution in [-0.2, 0) is 4.79 Å². The number of carbonyl (C=O) groups excluding carboxylic acids is 1. The van der Waals surface area contributed by atoms with E-state index in [-0.39, 0.29) is 23.3 Å². The molecule has 0 bridgehead atoms. The van der Waals surface area contributed by atoms with Gasteiger partial charge in [-0.15, -0.1) is 10.2 Å². The Balaban J connectivity index is 3.05. The summed E-state index contributed by atoms with van der Waals surface area (Å²) in [4.78, 5) is 11.3. The molecule has 0 aliphatic heterocycles. The Kier molecular flexibility index (Phi) is 5.23. The summed E-state index contributed by atoms with van der Waals surface area (Å²) in [6.07, 6.45) is 0.0127. The van der Waals surface area contributed by atoms with E-state index in [2.05, 4.69) is 10.2 Å². The van der Waals surface area contributed by atoms with Crippen LogP contribution in [0, 0.1) is 0 Å². The van der Waals surface area contributed by atoms with Crippen LogP contribution in [0.4, 0.5) is 5.69 Å². The van der Waals surface area contributed by atoms with Crippen LogP contribution in [0.3, 0.4) is 0 Å². The predicted octanol–water partition coefficient (Wildman–Crippen LogP) is 3.94. The first-order valence-electron chi connectivity index (χ1n) is 6.00. The fourth-order valence-corrected chi connectivity index (χ4v) is 1.39. The average molecular weight is 262 g/mol. The van der Waals surface area contributed by atoms with E-state index in [0.717, 1.165) is 0 Å². The molecule has 0 radical (unpaired) electrons. The van der Waals surface area contributed by atoms with Crippen LogP contribution < -0.4 is 4.74 Å². The second kappa shape index (κ2) is 6.68. The monoisotopic (exact) mass is 262 g/mol. The van der Waals surface area contributed by atoms with Crippen LogP contribution in [-0.4, -0.2) is 17.0 Å². The minimum atomic E-state index is -0.342. The van der Waals surface area contributed by atoms with Crippen molar-refractivity contribution in [1.29, 1.82) is 0 Å². The molecule has 5 nitrogen and oxygen atoms in total. The van der Waals surface area contributed by atoms with Crippen molar-refractivity contribution >= 4 is 11.5 Å². The van der Waals surface area contributed by atoms with E-state index in [4.69, 9.17) is 4.74 Å². The van der Waals surface area contributed by atoms with E-state index in [1.165, 1.54) is 13.8 Å². The average Bonchev–Trinajstić information content (AvgIpc) is 2.29. The minimum absolute atomic E-state index is 0.0127. The molecule has 1 aromatic rings. The zero-order chi connectivity index (χ0) is 14.4. The number of ether oxygens (including phenoxy) is 1. The summed E-state index contributed by atoms with van der Waals surface area (Å²) >= 11 is 0. The van der Waals surface area contributed by atoms with Crippen LogP contribution in [0.15, 0.2) is 46.0 Å². The lowest BCUT2D eigenvalue weighted by atomic mass is 10.3. The third-order valence-corrected chi connectivity index (χ3v) is 2.16. The number of aliphatic hydroxyl groups excluding tert-OH is 1. The van der Waals surface area contributed by atoms with Gasteiger partial charge in [-0.25, -0.2) is 0 Å². The molecule has 102 valence electrons. The Morgan fingerprint density at radius 2 is 1.89 bits per heavy atom. The van der Waals surface area contributed by atoms with Gasteiger partial charge in [0, 0.05) is 6.92 Å². The molecule has 5 heteroatoms. The number of aliphatic hydroxyl groups is 1. The highest BCUT2D eigenvalue weighted by Crippen LogP contribution is 2.28. The fourth-order valence-electron chi connectivity index (χ4n) is 1.39. The molecule has 1 N–H and O–H groups in total. The number of carbonyl (C=O) groups is 1. The normalized spacial score (nSPS) is 12.7.